The number of H-pyrrole nitrogens is 1. The summed E-state index contributed by atoms with van der Waals surface area (Å²) >= 11 is 0. The van der Waals surface area contributed by atoms with Crippen LogP contribution in [0.3, 0.4) is 0 Å². The predicted molar refractivity (Wildman–Crippen MR) is 40.5 cm³/mol. The SMILES string of the molecule is Cc1cn2ccnc2c(=O)[nH]1. The third-order valence-corrected chi connectivity index (χ3v) is 1.52. The van der Waals surface area contributed by atoms with E-state index in [-0.39, 0.29) is 5.56 Å². The normalized spacial score (nSPS) is 10.6. The van der Waals surface area contributed by atoms with Gasteiger partial charge in [-0.05, 0) is 6.92 Å². The number of imidazole rings is 1. The Kier molecular flexibility index (Phi) is 1.09. The van der Waals surface area contributed by atoms with Crippen molar-refractivity contribution >= 4 is 5.65 Å². The lowest BCUT2D eigenvalue weighted by atomic mass is 10.5. The van der Waals surface area contributed by atoms with Gasteiger partial charge in [-0.1, -0.05) is 0 Å². The molecule has 0 aliphatic rings. The van der Waals surface area contributed by atoms with Crippen molar-refractivity contribution in [2.45, 2.75) is 6.92 Å². The molecule has 0 saturated heterocycles. The summed E-state index contributed by atoms with van der Waals surface area (Å²) in [4.78, 5) is 17.7. The van der Waals surface area contributed by atoms with Crippen LogP contribution in [0.5, 0.6) is 0 Å². The number of nitrogens with zero attached hydrogens (tertiary/aromatic N) is 2. The van der Waals surface area contributed by atoms with E-state index >= 15 is 0 Å². The molecule has 0 aromatic carbocycles. The third kappa shape index (κ3) is 0.832. The molecule has 4 nitrogen and oxygen atoms in total. The van der Waals surface area contributed by atoms with Gasteiger partial charge >= 0.3 is 0 Å². The van der Waals surface area contributed by atoms with Crippen molar-refractivity contribution in [3.8, 4) is 0 Å². The van der Waals surface area contributed by atoms with Crippen molar-refractivity contribution in [1.82, 2.24) is 14.4 Å². The standard InChI is InChI=1S/C7H7N3O/c1-5-4-10-3-2-8-6(10)7(11)9-5/h2-4H,1H3,(H,9,11). The van der Waals surface area contributed by atoms with Gasteiger partial charge in [0.2, 0.25) is 5.65 Å². The van der Waals surface area contributed by atoms with E-state index in [0.717, 1.165) is 5.69 Å². The molecule has 0 aliphatic carbocycles. The largest absolute Gasteiger partial charge is 0.322 e. The Balaban J connectivity index is 3.02. The summed E-state index contributed by atoms with van der Waals surface area (Å²) in [6.45, 7) is 1.83. The second-order valence-corrected chi connectivity index (χ2v) is 2.42. The number of fused-ring (bicyclic) bond motifs is 1. The van der Waals surface area contributed by atoms with Crippen LogP contribution in [0.1, 0.15) is 5.69 Å². The lowest BCUT2D eigenvalue weighted by Crippen LogP contribution is -2.10. The maximum atomic E-state index is 11.1. The quantitative estimate of drug-likeness (QED) is 0.586. The van der Waals surface area contributed by atoms with Gasteiger partial charge in [-0.15, -0.1) is 0 Å². The highest BCUT2D eigenvalue weighted by atomic mass is 16.1. The zero-order chi connectivity index (χ0) is 7.84. The Morgan fingerprint density at radius 2 is 2.45 bits per heavy atom. The Morgan fingerprint density at radius 3 is 3.27 bits per heavy atom. The number of aromatic nitrogens is 3. The number of rotatable bonds is 0. The van der Waals surface area contributed by atoms with Crippen molar-refractivity contribution < 1.29 is 0 Å². The van der Waals surface area contributed by atoms with Crippen molar-refractivity contribution in [2.24, 2.45) is 0 Å². The minimum Gasteiger partial charge on any atom is -0.322 e. The molecule has 56 valence electrons. The average molecular weight is 149 g/mol. The molecule has 0 aliphatic heterocycles. The van der Waals surface area contributed by atoms with E-state index in [0.29, 0.717) is 5.65 Å². The average Bonchev–Trinajstić information content (AvgIpc) is 2.34. The van der Waals surface area contributed by atoms with Crippen LogP contribution in [0, 0.1) is 6.92 Å². The molecule has 0 fully saturated rings. The number of hydrogen-bond donors (Lipinski definition) is 1. The molecule has 0 saturated carbocycles. The van der Waals surface area contributed by atoms with Gasteiger partial charge in [0.1, 0.15) is 0 Å². The molecule has 11 heavy (non-hydrogen) atoms. The topological polar surface area (TPSA) is 50.2 Å². The maximum Gasteiger partial charge on any atom is 0.291 e. The summed E-state index contributed by atoms with van der Waals surface area (Å²) in [7, 11) is 0. The molecule has 2 rings (SSSR count). The zero-order valence-electron chi connectivity index (χ0n) is 6.03. The summed E-state index contributed by atoms with van der Waals surface area (Å²) in [5, 5.41) is 0. The summed E-state index contributed by atoms with van der Waals surface area (Å²) in [6.07, 6.45) is 5.17. The highest BCUT2D eigenvalue weighted by molar-refractivity contribution is 5.34. The highest BCUT2D eigenvalue weighted by Gasteiger charge is 1.97. The molecule has 1 N–H and O–H groups in total. The van der Waals surface area contributed by atoms with Crippen LogP contribution in [0.2, 0.25) is 0 Å². The molecule has 2 aromatic heterocycles. The first-order valence-corrected chi connectivity index (χ1v) is 3.30. The van der Waals surface area contributed by atoms with Crippen molar-refractivity contribution in [3.05, 3.63) is 34.6 Å². The van der Waals surface area contributed by atoms with Gasteiger partial charge < -0.3 is 9.38 Å². The maximum absolute atomic E-state index is 11.1. The van der Waals surface area contributed by atoms with Gasteiger partial charge in [0.15, 0.2) is 0 Å². The van der Waals surface area contributed by atoms with Crippen LogP contribution < -0.4 is 5.56 Å². The van der Waals surface area contributed by atoms with Crippen molar-refractivity contribution in [1.29, 1.82) is 0 Å². The van der Waals surface area contributed by atoms with E-state index in [9.17, 15) is 4.79 Å². The summed E-state index contributed by atoms with van der Waals surface area (Å²) in [5.74, 6) is 0. The van der Waals surface area contributed by atoms with Crippen LogP contribution in [0.15, 0.2) is 23.4 Å². The van der Waals surface area contributed by atoms with E-state index in [1.807, 2.05) is 13.1 Å². The molecule has 0 bridgehead atoms. The fraction of sp³-hybridized carbons (Fsp3) is 0.143. The lowest BCUT2D eigenvalue weighted by Gasteiger charge is -1.93. The second-order valence-electron chi connectivity index (χ2n) is 2.42. The first-order chi connectivity index (χ1) is 5.27. The van der Waals surface area contributed by atoms with Crippen LogP contribution in [0.25, 0.3) is 5.65 Å². The van der Waals surface area contributed by atoms with Crippen molar-refractivity contribution in [3.63, 3.8) is 0 Å². The second kappa shape index (κ2) is 1.95. The molecule has 2 heterocycles. The molecular weight excluding hydrogens is 142 g/mol. The molecule has 0 radical (unpaired) electrons. The molecule has 0 amide bonds. The Bertz CT molecular complexity index is 440. The van der Waals surface area contributed by atoms with Gasteiger partial charge in [0.05, 0.1) is 0 Å². The first-order valence-electron chi connectivity index (χ1n) is 3.30. The smallest absolute Gasteiger partial charge is 0.291 e. The van der Waals surface area contributed by atoms with E-state index < -0.39 is 0 Å². The number of aromatic amines is 1. The van der Waals surface area contributed by atoms with Crippen LogP contribution in [-0.4, -0.2) is 14.4 Å². The zero-order valence-corrected chi connectivity index (χ0v) is 6.03. The molecular formula is C7H7N3O. The minimum absolute atomic E-state index is 0.144. The van der Waals surface area contributed by atoms with Crippen LogP contribution in [0.4, 0.5) is 0 Å². The monoisotopic (exact) mass is 149 g/mol. The Labute approximate surface area is 62.5 Å². The van der Waals surface area contributed by atoms with Gasteiger partial charge in [-0.3, -0.25) is 4.79 Å². The van der Waals surface area contributed by atoms with E-state index in [1.165, 1.54) is 0 Å². The fourth-order valence-electron chi connectivity index (χ4n) is 1.07. The van der Waals surface area contributed by atoms with E-state index in [1.54, 1.807) is 16.8 Å². The molecule has 2 aromatic rings. The molecule has 0 unspecified atom stereocenters. The summed E-state index contributed by atoms with van der Waals surface area (Å²) in [5.41, 5.74) is 1.13. The Hall–Kier alpha value is -1.58. The number of nitrogens with one attached hydrogen (secondary N) is 1. The fourth-order valence-corrected chi connectivity index (χ4v) is 1.07. The molecule has 0 atom stereocenters. The number of hydrogen-bond acceptors (Lipinski definition) is 2. The highest BCUT2D eigenvalue weighted by Crippen LogP contribution is 1.93. The van der Waals surface area contributed by atoms with Gasteiger partial charge in [0, 0.05) is 24.3 Å². The molecule has 4 heteroatoms. The van der Waals surface area contributed by atoms with Gasteiger partial charge in [0.25, 0.3) is 5.56 Å². The Morgan fingerprint density at radius 1 is 1.64 bits per heavy atom. The minimum atomic E-state index is -0.144. The van der Waals surface area contributed by atoms with E-state index in [2.05, 4.69) is 9.97 Å². The van der Waals surface area contributed by atoms with Gasteiger partial charge in [-0.2, -0.15) is 0 Å². The van der Waals surface area contributed by atoms with E-state index in [4.69, 9.17) is 0 Å². The lowest BCUT2D eigenvalue weighted by molar-refractivity contribution is 1.04. The van der Waals surface area contributed by atoms with Crippen molar-refractivity contribution in [2.75, 3.05) is 0 Å². The third-order valence-electron chi connectivity index (χ3n) is 1.52. The predicted octanol–water partition coefficient (Wildman–Crippen LogP) is 0.331. The van der Waals surface area contributed by atoms with Crippen LogP contribution >= 0.6 is 0 Å². The van der Waals surface area contributed by atoms with Gasteiger partial charge in [-0.25, -0.2) is 4.98 Å². The number of aryl methyl sites for hydroxylation is 1. The molecule has 0 spiro atoms. The first kappa shape index (κ1) is 6.15. The van der Waals surface area contributed by atoms with Crippen LogP contribution in [-0.2, 0) is 0 Å². The summed E-state index contributed by atoms with van der Waals surface area (Å²) in [6, 6.07) is 0. The summed E-state index contributed by atoms with van der Waals surface area (Å²) < 4.78 is 1.70.